The Bertz CT molecular complexity index is 897. The van der Waals surface area contributed by atoms with Crippen molar-refractivity contribution in [3.8, 4) is 11.4 Å². The van der Waals surface area contributed by atoms with Gasteiger partial charge < -0.3 is 4.90 Å². The zero-order chi connectivity index (χ0) is 18.5. The summed E-state index contributed by atoms with van der Waals surface area (Å²) in [4.78, 5) is 16.5. The van der Waals surface area contributed by atoms with Crippen molar-refractivity contribution in [3.05, 3.63) is 59.1 Å². The van der Waals surface area contributed by atoms with Crippen molar-refractivity contribution >= 4 is 29.3 Å². The lowest BCUT2D eigenvalue weighted by molar-refractivity contribution is -0.131. The van der Waals surface area contributed by atoms with Gasteiger partial charge in [0.2, 0.25) is 11.7 Å². The van der Waals surface area contributed by atoms with Gasteiger partial charge in [-0.05, 0) is 41.3 Å². The van der Waals surface area contributed by atoms with Crippen molar-refractivity contribution in [3.63, 3.8) is 0 Å². The number of halogens is 1. The van der Waals surface area contributed by atoms with Gasteiger partial charge in [0.05, 0.1) is 5.02 Å². The molecule has 1 aromatic heterocycles. The first-order valence-corrected chi connectivity index (χ1v) is 9.56. The topological polar surface area (TPSA) is 63.9 Å². The molecule has 0 atom stereocenters. The Hall–Kier alpha value is -2.38. The lowest BCUT2D eigenvalue weighted by atomic mass is 10.2. The third-order valence-corrected chi connectivity index (χ3v) is 4.92. The van der Waals surface area contributed by atoms with Crippen molar-refractivity contribution in [2.75, 3.05) is 13.3 Å². The molecule has 0 aliphatic rings. The zero-order valence-corrected chi connectivity index (χ0v) is 16.0. The van der Waals surface area contributed by atoms with E-state index in [1.54, 1.807) is 29.8 Å². The Kier molecular flexibility index (Phi) is 5.90. The van der Waals surface area contributed by atoms with E-state index in [-0.39, 0.29) is 12.5 Å². The Labute approximate surface area is 161 Å². The largest absolute Gasteiger partial charge is 0.340 e. The van der Waals surface area contributed by atoms with Crippen LogP contribution in [0, 0.1) is 0 Å². The molecule has 0 spiro atoms. The minimum absolute atomic E-state index is 0.0247. The molecule has 0 fully saturated rings. The zero-order valence-electron chi connectivity index (χ0n) is 14.5. The molecule has 0 aliphatic carbocycles. The van der Waals surface area contributed by atoms with Gasteiger partial charge in [0, 0.05) is 24.1 Å². The highest BCUT2D eigenvalue weighted by atomic mass is 35.5. The molecule has 3 rings (SSSR count). The maximum Gasteiger partial charge on any atom is 0.246 e. The predicted octanol–water partition coefficient (Wildman–Crippen LogP) is 3.37. The molecule has 3 aromatic rings. The third-order valence-electron chi connectivity index (χ3n) is 3.85. The smallest absolute Gasteiger partial charge is 0.246 e. The van der Waals surface area contributed by atoms with E-state index >= 15 is 0 Å². The van der Waals surface area contributed by atoms with Gasteiger partial charge in [-0.15, -0.1) is 22.0 Å². The van der Waals surface area contributed by atoms with Crippen LogP contribution >= 0.6 is 23.4 Å². The summed E-state index contributed by atoms with van der Waals surface area (Å²) >= 11 is 7.83. The fourth-order valence-electron chi connectivity index (χ4n) is 2.40. The van der Waals surface area contributed by atoms with Crippen molar-refractivity contribution in [1.29, 1.82) is 0 Å². The van der Waals surface area contributed by atoms with Crippen LogP contribution in [0.5, 0.6) is 0 Å². The molecule has 0 radical (unpaired) electrons. The summed E-state index contributed by atoms with van der Waals surface area (Å²) in [7, 11) is 1.76. The quantitative estimate of drug-likeness (QED) is 0.607. The molecule has 26 heavy (non-hydrogen) atoms. The number of likely N-dealkylation sites (N-methyl/N-ethyl adjacent to an activating group) is 1. The molecule has 6 nitrogen and oxygen atoms in total. The lowest BCUT2D eigenvalue weighted by Crippen LogP contribution is -2.30. The van der Waals surface area contributed by atoms with Gasteiger partial charge in [-0.25, -0.2) is 0 Å². The number of nitrogens with zero attached hydrogens (tertiary/aromatic N) is 5. The van der Waals surface area contributed by atoms with Crippen molar-refractivity contribution < 1.29 is 4.79 Å². The highest BCUT2D eigenvalue weighted by Gasteiger charge is 2.14. The minimum atomic E-state index is -0.0953. The SMILES string of the molecule is CSc1ccc(CN(C)C(=O)Cn2nnc(-c3ccccc3Cl)n2)cc1. The second kappa shape index (κ2) is 8.33. The average molecular weight is 388 g/mol. The summed E-state index contributed by atoms with van der Waals surface area (Å²) < 4.78 is 0. The number of hydrogen-bond donors (Lipinski definition) is 0. The Morgan fingerprint density at radius 1 is 1.19 bits per heavy atom. The maximum atomic E-state index is 12.4. The van der Waals surface area contributed by atoms with Crippen LogP contribution in [0.2, 0.25) is 5.02 Å². The molecular formula is C18H18ClN5OS. The van der Waals surface area contributed by atoms with Crippen LogP contribution in [0.25, 0.3) is 11.4 Å². The number of carbonyl (C=O) groups excluding carboxylic acids is 1. The van der Waals surface area contributed by atoms with Gasteiger partial charge >= 0.3 is 0 Å². The second-order valence-electron chi connectivity index (χ2n) is 5.72. The van der Waals surface area contributed by atoms with Crippen LogP contribution < -0.4 is 0 Å². The van der Waals surface area contributed by atoms with Crippen LogP contribution in [0.1, 0.15) is 5.56 Å². The van der Waals surface area contributed by atoms with Gasteiger partial charge in [0.15, 0.2) is 0 Å². The van der Waals surface area contributed by atoms with Crippen LogP contribution in [-0.2, 0) is 17.9 Å². The summed E-state index contributed by atoms with van der Waals surface area (Å²) in [5.41, 5.74) is 1.76. The average Bonchev–Trinajstić information content (AvgIpc) is 3.11. The molecule has 134 valence electrons. The molecule has 0 aliphatic heterocycles. The van der Waals surface area contributed by atoms with Crippen LogP contribution in [0.4, 0.5) is 0 Å². The van der Waals surface area contributed by atoms with Gasteiger partial charge in [0.1, 0.15) is 6.54 Å². The van der Waals surface area contributed by atoms with E-state index in [1.807, 2.05) is 48.7 Å². The molecule has 1 heterocycles. The van der Waals surface area contributed by atoms with E-state index in [0.717, 1.165) is 5.56 Å². The summed E-state index contributed by atoms with van der Waals surface area (Å²) in [6.45, 7) is 0.552. The molecule has 2 aromatic carbocycles. The maximum absolute atomic E-state index is 12.4. The first-order chi connectivity index (χ1) is 12.6. The first kappa shape index (κ1) is 18.4. The second-order valence-corrected chi connectivity index (χ2v) is 7.01. The summed E-state index contributed by atoms with van der Waals surface area (Å²) in [5, 5.41) is 12.7. The van der Waals surface area contributed by atoms with E-state index in [2.05, 4.69) is 15.4 Å². The van der Waals surface area contributed by atoms with Crippen molar-refractivity contribution in [2.45, 2.75) is 18.0 Å². The number of rotatable bonds is 6. The molecule has 0 unspecified atom stereocenters. The monoisotopic (exact) mass is 387 g/mol. The molecule has 0 N–H and O–H groups in total. The fourth-order valence-corrected chi connectivity index (χ4v) is 3.02. The van der Waals surface area contributed by atoms with E-state index in [0.29, 0.717) is 23.0 Å². The van der Waals surface area contributed by atoms with Gasteiger partial charge in [0.25, 0.3) is 0 Å². The molecule has 0 bridgehead atoms. The molecule has 0 saturated heterocycles. The minimum Gasteiger partial charge on any atom is -0.340 e. The number of carbonyl (C=O) groups is 1. The number of amides is 1. The number of hydrogen-bond acceptors (Lipinski definition) is 5. The summed E-state index contributed by atoms with van der Waals surface area (Å²) in [5.74, 6) is 0.306. The summed E-state index contributed by atoms with van der Waals surface area (Å²) in [6.07, 6.45) is 2.03. The highest BCUT2D eigenvalue weighted by Crippen LogP contribution is 2.23. The van der Waals surface area contributed by atoms with Crippen LogP contribution in [0.3, 0.4) is 0 Å². The number of benzene rings is 2. The highest BCUT2D eigenvalue weighted by molar-refractivity contribution is 7.98. The Balaban J connectivity index is 1.63. The van der Waals surface area contributed by atoms with Gasteiger partial charge in [-0.2, -0.15) is 4.80 Å². The summed E-state index contributed by atoms with van der Waals surface area (Å²) in [6, 6.07) is 15.4. The van der Waals surface area contributed by atoms with Crippen molar-refractivity contribution in [2.24, 2.45) is 0 Å². The normalized spacial score (nSPS) is 10.7. The van der Waals surface area contributed by atoms with Gasteiger partial charge in [-0.3, -0.25) is 4.79 Å². The first-order valence-electron chi connectivity index (χ1n) is 7.96. The standard InChI is InChI=1S/C18H18ClN5OS/c1-23(11-13-7-9-14(26-2)10-8-13)17(25)12-24-21-18(20-22-24)15-5-3-4-6-16(15)19/h3-10H,11-12H2,1-2H3. The van der Waals surface area contributed by atoms with Crippen molar-refractivity contribution in [1.82, 2.24) is 25.1 Å². The van der Waals surface area contributed by atoms with E-state index in [1.165, 1.54) is 9.69 Å². The molecule has 8 heteroatoms. The Morgan fingerprint density at radius 3 is 2.62 bits per heavy atom. The van der Waals surface area contributed by atoms with E-state index < -0.39 is 0 Å². The van der Waals surface area contributed by atoms with Gasteiger partial charge in [-0.1, -0.05) is 35.9 Å². The molecule has 0 saturated carbocycles. The predicted molar refractivity (Wildman–Crippen MR) is 103 cm³/mol. The molecule has 1 amide bonds. The van der Waals surface area contributed by atoms with E-state index in [4.69, 9.17) is 11.6 Å². The van der Waals surface area contributed by atoms with Crippen LogP contribution in [-0.4, -0.2) is 44.3 Å². The number of aromatic nitrogens is 4. The Morgan fingerprint density at radius 2 is 1.92 bits per heavy atom. The lowest BCUT2D eigenvalue weighted by Gasteiger charge is -2.16. The number of thioether (sulfide) groups is 1. The third kappa shape index (κ3) is 4.42. The fraction of sp³-hybridized carbons (Fsp3) is 0.222. The van der Waals surface area contributed by atoms with E-state index in [9.17, 15) is 4.79 Å². The number of tetrazole rings is 1. The van der Waals surface area contributed by atoms with Crippen LogP contribution in [0.15, 0.2) is 53.4 Å². The molecular weight excluding hydrogens is 370 g/mol.